The van der Waals surface area contributed by atoms with Crippen LogP contribution in [0.5, 0.6) is 5.75 Å². The smallest absolute Gasteiger partial charge is 0.251 e. The summed E-state index contributed by atoms with van der Waals surface area (Å²) in [5, 5.41) is 2.83. The topological polar surface area (TPSA) is 92.8 Å². The van der Waals surface area contributed by atoms with E-state index in [9.17, 15) is 18.0 Å². The Morgan fingerprint density at radius 3 is 2.24 bits per heavy atom. The summed E-state index contributed by atoms with van der Waals surface area (Å²) < 4.78 is 30.6. The van der Waals surface area contributed by atoms with Gasteiger partial charge in [0, 0.05) is 12.1 Å². The Hall–Kier alpha value is -2.87. The van der Waals surface area contributed by atoms with E-state index in [1.54, 1.807) is 21.0 Å². The van der Waals surface area contributed by atoms with Crippen LogP contribution in [0.1, 0.15) is 29.8 Å². The highest BCUT2D eigenvalue weighted by Gasteiger charge is 2.49. The highest BCUT2D eigenvalue weighted by Crippen LogP contribution is 2.35. The van der Waals surface area contributed by atoms with Crippen molar-refractivity contribution in [3.05, 3.63) is 59.7 Å². The molecule has 0 saturated carbocycles. The van der Waals surface area contributed by atoms with E-state index in [1.807, 2.05) is 24.3 Å². The summed E-state index contributed by atoms with van der Waals surface area (Å²) in [6.07, 6.45) is 0.670. The second kappa shape index (κ2) is 7.87. The summed E-state index contributed by atoms with van der Waals surface area (Å²) in [7, 11) is -2.10. The molecule has 29 heavy (non-hydrogen) atoms. The molecule has 0 radical (unpaired) electrons. The van der Waals surface area contributed by atoms with Gasteiger partial charge in [0.05, 0.1) is 24.0 Å². The van der Waals surface area contributed by atoms with Gasteiger partial charge in [-0.3, -0.25) is 9.59 Å². The third kappa shape index (κ3) is 4.42. The van der Waals surface area contributed by atoms with Crippen LogP contribution in [0.15, 0.2) is 48.5 Å². The fraction of sp³-hybridized carbons (Fsp3) is 0.333. The van der Waals surface area contributed by atoms with Crippen molar-refractivity contribution >= 4 is 27.5 Å². The molecule has 1 aliphatic rings. The first-order chi connectivity index (χ1) is 13.6. The number of anilines is 1. The van der Waals surface area contributed by atoms with Crippen LogP contribution < -0.4 is 14.4 Å². The maximum atomic E-state index is 12.4. The molecule has 1 N–H and O–H groups in total. The normalized spacial score (nSPS) is 17.2. The number of carbonyl (C=O) groups excluding carboxylic acids is 2. The Bertz CT molecular complexity index is 1010. The second-order valence-corrected chi connectivity index (χ2v) is 9.43. The number of amides is 2. The van der Waals surface area contributed by atoms with Gasteiger partial charge >= 0.3 is 0 Å². The zero-order valence-electron chi connectivity index (χ0n) is 16.6. The molecule has 1 aliphatic heterocycles. The third-order valence-corrected chi connectivity index (χ3v) is 6.83. The minimum absolute atomic E-state index is 0.230. The van der Waals surface area contributed by atoms with Gasteiger partial charge in [-0.1, -0.05) is 12.1 Å². The maximum absolute atomic E-state index is 12.4. The highest BCUT2D eigenvalue weighted by molar-refractivity contribution is 7.94. The first kappa shape index (κ1) is 20.9. The van der Waals surface area contributed by atoms with E-state index < -0.39 is 21.3 Å². The molecular weight excluding hydrogens is 392 g/mol. The molecule has 7 nitrogen and oxygen atoms in total. The molecule has 2 amide bonds. The summed E-state index contributed by atoms with van der Waals surface area (Å²) in [5.41, 5.74) is 0.750. The average Bonchev–Trinajstić information content (AvgIpc) is 2.84. The lowest BCUT2D eigenvalue weighted by Gasteiger charge is -2.17. The molecule has 2 aromatic carbocycles. The minimum Gasteiger partial charge on any atom is -0.497 e. The largest absolute Gasteiger partial charge is 0.497 e. The van der Waals surface area contributed by atoms with Gasteiger partial charge in [0.25, 0.3) is 5.91 Å². The van der Waals surface area contributed by atoms with E-state index in [1.165, 1.54) is 24.3 Å². The molecule has 0 bridgehead atoms. The quantitative estimate of drug-likeness (QED) is 0.780. The Kier molecular flexibility index (Phi) is 5.66. The number of sulfonamides is 1. The molecule has 154 valence electrons. The Labute approximate surface area is 170 Å². The lowest BCUT2D eigenvalue weighted by Crippen LogP contribution is -2.33. The van der Waals surface area contributed by atoms with Crippen LogP contribution >= 0.6 is 0 Å². The van der Waals surface area contributed by atoms with Crippen LogP contribution in [-0.4, -0.2) is 39.6 Å². The van der Waals surface area contributed by atoms with Gasteiger partial charge in [-0.15, -0.1) is 0 Å². The SMILES string of the molecule is COc1ccc(CCNC(=O)c2ccc(N3C(=O)C(C)(C)CS3(=O)=O)cc2)cc1. The summed E-state index contributed by atoms with van der Waals surface area (Å²) in [5.74, 6) is -0.179. The van der Waals surface area contributed by atoms with Crippen LogP contribution in [0.4, 0.5) is 5.69 Å². The summed E-state index contributed by atoms with van der Waals surface area (Å²) >= 11 is 0. The number of carbonyl (C=O) groups is 2. The number of ether oxygens (including phenoxy) is 1. The van der Waals surface area contributed by atoms with Crippen LogP contribution in [0.3, 0.4) is 0 Å². The Morgan fingerprint density at radius 1 is 1.10 bits per heavy atom. The number of nitrogens with one attached hydrogen (secondary N) is 1. The van der Waals surface area contributed by atoms with Gasteiger partial charge in [0.15, 0.2) is 0 Å². The zero-order chi connectivity index (χ0) is 21.2. The van der Waals surface area contributed by atoms with Crippen LogP contribution in [0.25, 0.3) is 0 Å². The maximum Gasteiger partial charge on any atom is 0.251 e. The molecule has 3 rings (SSSR count). The molecule has 0 spiro atoms. The van der Waals surface area contributed by atoms with Crippen molar-refractivity contribution in [2.45, 2.75) is 20.3 Å². The molecule has 2 aromatic rings. The zero-order valence-corrected chi connectivity index (χ0v) is 17.5. The van der Waals surface area contributed by atoms with Crippen molar-refractivity contribution in [2.75, 3.05) is 23.7 Å². The predicted molar refractivity (Wildman–Crippen MR) is 111 cm³/mol. The van der Waals surface area contributed by atoms with Gasteiger partial charge in [0.1, 0.15) is 5.75 Å². The van der Waals surface area contributed by atoms with Crippen molar-refractivity contribution < 1.29 is 22.7 Å². The first-order valence-corrected chi connectivity index (χ1v) is 10.8. The molecule has 8 heteroatoms. The number of rotatable bonds is 6. The molecule has 0 aliphatic carbocycles. The van der Waals surface area contributed by atoms with Gasteiger partial charge in [-0.2, -0.15) is 0 Å². The van der Waals surface area contributed by atoms with Crippen molar-refractivity contribution in [2.24, 2.45) is 5.41 Å². The van der Waals surface area contributed by atoms with E-state index in [-0.39, 0.29) is 17.3 Å². The van der Waals surface area contributed by atoms with Gasteiger partial charge in [0.2, 0.25) is 15.9 Å². The fourth-order valence-corrected chi connectivity index (χ4v) is 5.33. The molecule has 0 aromatic heterocycles. The van der Waals surface area contributed by atoms with Crippen molar-refractivity contribution in [1.82, 2.24) is 5.32 Å². The van der Waals surface area contributed by atoms with Gasteiger partial charge in [-0.05, 0) is 62.2 Å². The highest BCUT2D eigenvalue weighted by atomic mass is 32.2. The molecule has 1 saturated heterocycles. The number of hydrogen-bond donors (Lipinski definition) is 1. The third-order valence-electron chi connectivity index (χ3n) is 4.81. The molecule has 1 fully saturated rings. The molecule has 0 atom stereocenters. The molecular formula is C21H24N2O5S. The Morgan fingerprint density at radius 2 is 1.72 bits per heavy atom. The minimum atomic E-state index is -3.71. The van der Waals surface area contributed by atoms with Crippen LogP contribution in [0, 0.1) is 5.41 Å². The van der Waals surface area contributed by atoms with E-state index in [0.29, 0.717) is 18.5 Å². The molecule has 1 heterocycles. The van der Waals surface area contributed by atoms with E-state index in [4.69, 9.17) is 4.74 Å². The monoisotopic (exact) mass is 416 g/mol. The predicted octanol–water partition coefficient (Wildman–Crippen LogP) is 2.37. The molecule has 0 unspecified atom stereocenters. The van der Waals surface area contributed by atoms with Crippen LogP contribution in [0.2, 0.25) is 0 Å². The first-order valence-electron chi connectivity index (χ1n) is 9.23. The standard InChI is InChI=1S/C21H24N2O5S/c1-21(2)14-29(26,27)23(20(21)25)17-8-6-16(7-9-17)19(24)22-13-12-15-4-10-18(28-3)11-5-15/h4-11H,12-14H2,1-3H3,(H,22,24). The average molecular weight is 416 g/mol. The number of benzene rings is 2. The summed E-state index contributed by atoms with van der Waals surface area (Å²) in [6, 6.07) is 13.6. The summed E-state index contributed by atoms with van der Waals surface area (Å²) in [6.45, 7) is 3.68. The lowest BCUT2D eigenvalue weighted by atomic mass is 9.95. The number of methoxy groups -OCH3 is 1. The lowest BCUT2D eigenvalue weighted by molar-refractivity contribution is -0.123. The van der Waals surface area contributed by atoms with Crippen LogP contribution in [-0.2, 0) is 21.2 Å². The van der Waals surface area contributed by atoms with E-state index >= 15 is 0 Å². The van der Waals surface area contributed by atoms with Crippen molar-refractivity contribution in [3.8, 4) is 5.75 Å². The Balaban J connectivity index is 1.62. The van der Waals surface area contributed by atoms with E-state index in [2.05, 4.69) is 5.32 Å². The fourth-order valence-electron chi connectivity index (χ4n) is 3.22. The number of nitrogens with zero attached hydrogens (tertiary/aromatic N) is 1. The second-order valence-electron chi connectivity index (χ2n) is 7.61. The van der Waals surface area contributed by atoms with Crippen molar-refractivity contribution in [3.63, 3.8) is 0 Å². The summed E-state index contributed by atoms with van der Waals surface area (Å²) in [4.78, 5) is 24.8. The number of hydrogen-bond acceptors (Lipinski definition) is 5. The van der Waals surface area contributed by atoms with Gasteiger partial charge in [-0.25, -0.2) is 12.7 Å². The van der Waals surface area contributed by atoms with Crippen molar-refractivity contribution in [1.29, 1.82) is 0 Å². The van der Waals surface area contributed by atoms with Gasteiger partial charge < -0.3 is 10.1 Å². The van der Waals surface area contributed by atoms with E-state index in [0.717, 1.165) is 15.6 Å².